The molecule has 0 atom stereocenters. The molecule has 32 heavy (non-hydrogen) atoms. The van der Waals surface area contributed by atoms with E-state index in [0.29, 0.717) is 22.6 Å². The Morgan fingerprint density at radius 3 is 2.66 bits per heavy atom. The van der Waals surface area contributed by atoms with Crippen molar-refractivity contribution in [2.75, 3.05) is 12.8 Å². The standard InChI is InChI=1S/C24H17N5O3/c1-31-21-7-5-15(22-18(11-25)23(27)29-24(30)19(22)12-26)9-16(21)13-32-17-6-4-14-3-2-8-28-20(14)10-17/h2-10H,13H2,1H3,(H3,27,29,30). The van der Waals surface area contributed by atoms with E-state index in [9.17, 15) is 15.3 Å². The van der Waals surface area contributed by atoms with Gasteiger partial charge in [0.25, 0.3) is 5.56 Å². The number of nitrogen functional groups attached to an aromatic ring is 1. The first kappa shape index (κ1) is 20.5. The molecule has 0 fully saturated rings. The number of hydrogen-bond donors (Lipinski definition) is 2. The maximum absolute atomic E-state index is 12.2. The zero-order valence-electron chi connectivity index (χ0n) is 17.0. The van der Waals surface area contributed by atoms with Gasteiger partial charge in [0, 0.05) is 28.8 Å². The van der Waals surface area contributed by atoms with Crippen LogP contribution in [0.2, 0.25) is 0 Å². The predicted octanol–water partition coefficient (Wildman–Crippen LogP) is 3.50. The summed E-state index contributed by atoms with van der Waals surface area (Å²) in [4.78, 5) is 18.9. The number of anilines is 1. The van der Waals surface area contributed by atoms with Crippen molar-refractivity contribution in [3.8, 4) is 34.8 Å². The fraction of sp³-hybridized carbons (Fsp3) is 0.0833. The van der Waals surface area contributed by atoms with Crippen LogP contribution in [0.1, 0.15) is 16.7 Å². The van der Waals surface area contributed by atoms with Crippen LogP contribution in [0.15, 0.2) is 59.5 Å². The molecular weight excluding hydrogens is 406 g/mol. The lowest BCUT2D eigenvalue weighted by Gasteiger charge is -2.14. The number of nitrogens with zero attached hydrogens (tertiary/aromatic N) is 3. The van der Waals surface area contributed by atoms with Gasteiger partial charge in [0.05, 0.1) is 12.6 Å². The van der Waals surface area contributed by atoms with E-state index >= 15 is 0 Å². The highest BCUT2D eigenvalue weighted by atomic mass is 16.5. The molecule has 2 aromatic carbocycles. The molecule has 0 spiro atoms. The van der Waals surface area contributed by atoms with Gasteiger partial charge in [-0.05, 0) is 35.9 Å². The second kappa shape index (κ2) is 8.50. The second-order valence-corrected chi connectivity index (χ2v) is 6.89. The topological polar surface area (TPSA) is 138 Å². The number of benzene rings is 2. The molecule has 2 aromatic heterocycles. The SMILES string of the molecule is COc1ccc(-c2c(C#N)c(N)[nH]c(=O)c2C#N)cc1COc1ccc2cccnc2c1. The molecule has 3 N–H and O–H groups in total. The maximum Gasteiger partial charge on any atom is 0.268 e. The van der Waals surface area contributed by atoms with Crippen molar-refractivity contribution in [1.82, 2.24) is 9.97 Å². The molecule has 0 saturated carbocycles. The monoisotopic (exact) mass is 423 g/mol. The number of H-pyrrole nitrogens is 1. The number of aromatic amines is 1. The van der Waals surface area contributed by atoms with E-state index in [1.807, 2.05) is 42.5 Å². The number of pyridine rings is 2. The van der Waals surface area contributed by atoms with Crippen molar-refractivity contribution in [2.24, 2.45) is 0 Å². The minimum Gasteiger partial charge on any atom is -0.496 e. The molecular formula is C24H17N5O3. The maximum atomic E-state index is 12.2. The third-order valence-corrected chi connectivity index (χ3v) is 5.01. The molecule has 0 unspecified atom stereocenters. The van der Waals surface area contributed by atoms with Crippen molar-refractivity contribution in [3.63, 3.8) is 0 Å². The van der Waals surface area contributed by atoms with Crippen molar-refractivity contribution in [3.05, 3.63) is 81.8 Å². The van der Waals surface area contributed by atoms with Crippen LogP contribution in [-0.2, 0) is 6.61 Å². The normalized spacial score (nSPS) is 10.3. The minimum atomic E-state index is -0.656. The Morgan fingerprint density at radius 1 is 1.09 bits per heavy atom. The van der Waals surface area contributed by atoms with E-state index in [1.54, 1.807) is 24.4 Å². The Labute approximate surface area is 183 Å². The lowest BCUT2D eigenvalue weighted by molar-refractivity contribution is 0.297. The molecule has 4 aromatic rings. The average molecular weight is 423 g/mol. The molecule has 0 aliphatic heterocycles. The van der Waals surface area contributed by atoms with E-state index < -0.39 is 5.56 Å². The number of nitriles is 2. The first-order valence-electron chi connectivity index (χ1n) is 9.56. The summed E-state index contributed by atoms with van der Waals surface area (Å²) in [6, 6.07) is 18.3. The summed E-state index contributed by atoms with van der Waals surface area (Å²) in [5.41, 5.74) is 7.14. The van der Waals surface area contributed by atoms with Crippen LogP contribution in [0, 0.1) is 22.7 Å². The third-order valence-electron chi connectivity index (χ3n) is 5.01. The Morgan fingerprint density at radius 2 is 1.91 bits per heavy atom. The zero-order chi connectivity index (χ0) is 22.7. The van der Waals surface area contributed by atoms with Crippen molar-refractivity contribution in [1.29, 1.82) is 10.5 Å². The lowest BCUT2D eigenvalue weighted by atomic mass is 9.95. The summed E-state index contributed by atoms with van der Waals surface area (Å²) in [6.07, 6.45) is 1.71. The average Bonchev–Trinajstić information content (AvgIpc) is 2.82. The van der Waals surface area contributed by atoms with Crippen LogP contribution in [0.3, 0.4) is 0 Å². The number of ether oxygens (including phenoxy) is 2. The molecule has 0 radical (unpaired) electrons. The molecule has 8 nitrogen and oxygen atoms in total. The van der Waals surface area contributed by atoms with Gasteiger partial charge in [0.2, 0.25) is 0 Å². The second-order valence-electron chi connectivity index (χ2n) is 6.89. The summed E-state index contributed by atoms with van der Waals surface area (Å²) in [5.74, 6) is 1.09. The van der Waals surface area contributed by atoms with E-state index in [4.69, 9.17) is 15.2 Å². The Bertz CT molecular complexity index is 1480. The Balaban J connectivity index is 1.75. The highest BCUT2D eigenvalue weighted by Gasteiger charge is 2.19. The third kappa shape index (κ3) is 3.69. The van der Waals surface area contributed by atoms with Gasteiger partial charge in [-0.3, -0.25) is 9.78 Å². The van der Waals surface area contributed by atoms with Crippen LogP contribution in [0.25, 0.3) is 22.0 Å². The van der Waals surface area contributed by atoms with Crippen LogP contribution in [0.5, 0.6) is 11.5 Å². The Hall–Kier alpha value is -4.82. The van der Waals surface area contributed by atoms with Crippen LogP contribution < -0.4 is 20.8 Å². The summed E-state index contributed by atoms with van der Waals surface area (Å²) in [6.45, 7) is 0.151. The first-order valence-corrected chi connectivity index (χ1v) is 9.56. The van der Waals surface area contributed by atoms with Gasteiger partial charge in [-0.15, -0.1) is 0 Å². The number of aromatic nitrogens is 2. The van der Waals surface area contributed by atoms with E-state index in [-0.39, 0.29) is 29.1 Å². The van der Waals surface area contributed by atoms with Crippen LogP contribution in [-0.4, -0.2) is 17.1 Å². The van der Waals surface area contributed by atoms with Gasteiger partial charge in [-0.2, -0.15) is 10.5 Å². The number of methoxy groups -OCH3 is 1. The van der Waals surface area contributed by atoms with Crippen LogP contribution in [0.4, 0.5) is 5.82 Å². The Kier molecular flexibility index (Phi) is 5.44. The first-order chi connectivity index (χ1) is 15.5. The highest BCUT2D eigenvalue weighted by Crippen LogP contribution is 2.32. The van der Waals surface area contributed by atoms with E-state index in [1.165, 1.54) is 7.11 Å². The smallest absolute Gasteiger partial charge is 0.268 e. The van der Waals surface area contributed by atoms with Gasteiger partial charge >= 0.3 is 0 Å². The minimum absolute atomic E-state index is 0.0267. The van der Waals surface area contributed by atoms with Crippen molar-refractivity contribution >= 4 is 16.7 Å². The predicted molar refractivity (Wildman–Crippen MR) is 119 cm³/mol. The molecule has 8 heteroatoms. The molecule has 0 bridgehead atoms. The van der Waals surface area contributed by atoms with Gasteiger partial charge < -0.3 is 20.2 Å². The van der Waals surface area contributed by atoms with Gasteiger partial charge in [-0.1, -0.05) is 12.1 Å². The quantitative estimate of drug-likeness (QED) is 0.501. The van der Waals surface area contributed by atoms with E-state index in [0.717, 1.165) is 10.9 Å². The van der Waals surface area contributed by atoms with Gasteiger partial charge in [0.1, 0.15) is 47.2 Å². The molecule has 0 aliphatic carbocycles. The van der Waals surface area contributed by atoms with Crippen LogP contribution >= 0.6 is 0 Å². The molecule has 156 valence electrons. The zero-order valence-corrected chi connectivity index (χ0v) is 17.0. The molecule has 2 heterocycles. The van der Waals surface area contributed by atoms with Crippen molar-refractivity contribution < 1.29 is 9.47 Å². The fourth-order valence-electron chi connectivity index (χ4n) is 3.48. The summed E-state index contributed by atoms with van der Waals surface area (Å²) >= 11 is 0. The number of nitrogens with one attached hydrogen (secondary N) is 1. The molecule has 4 rings (SSSR count). The van der Waals surface area contributed by atoms with E-state index in [2.05, 4.69) is 9.97 Å². The number of hydrogen-bond acceptors (Lipinski definition) is 7. The largest absolute Gasteiger partial charge is 0.496 e. The number of nitrogens with two attached hydrogens (primary N) is 1. The fourth-order valence-corrected chi connectivity index (χ4v) is 3.48. The van der Waals surface area contributed by atoms with Gasteiger partial charge in [0.15, 0.2) is 0 Å². The van der Waals surface area contributed by atoms with Crippen molar-refractivity contribution in [2.45, 2.75) is 6.61 Å². The molecule has 0 aliphatic rings. The highest BCUT2D eigenvalue weighted by molar-refractivity contribution is 5.81. The molecule has 0 amide bonds. The number of fused-ring (bicyclic) bond motifs is 1. The summed E-state index contributed by atoms with van der Waals surface area (Å²) < 4.78 is 11.4. The van der Waals surface area contributed by atoms with Gasteiger partial charge in [-0.25, -0.2) is 0 Å². The summed E-state index contributed by atoms with van der Waals surface area (Å²) in [7, 11) is 1.53. The molecule has 0 saturated heterocycles. The lowest BCUT2D eigenvalue weighted by Crippen LogP contribution is -2.16. The number of rotatable bonds is 5. The summed E-state index contributed by atoms with van der Waals surface area (Å²) in [5, 5.41) is 20.1.